The first kappa shape index (κ1) is 7.80. The molecule has 0 saturated heterocycles. The third-order valence-electron chi connectivity index (χ3n) is 1.06. The largest absolute Gasteiger partial charge is 0.277 e. The summed E-state index contributed by atoms with van der Waals surface area (Å²) in [6.07, 6.45) is -0.306. The SMILES string of the molecule is CN[N+](N)(N)C(C)N. The summed E-state index contributed by atoms with van der Waals surface area (Å²) >= 11 is 0. The summed E-state index contributed by atoms with van der Waals surface area (Å²) in [5, 5.41) is 0. The molecule has 0 saturated carbocycles. The molecular weight excluding hydrogens is 106 g/mol. The predicted octanol–water partition coefficient (Wildman–Crippen LogP) is -2.01. The third kappa shape index (κ3) is 1.73. The third-order valence-corrected chi connectivity index (χ3v) is 1.06. The van der Waals surface area contributed by atoms with Crippen molar-refractivity contribution < 1.29 is 4.81 Å². The first-order valence-electron chi connectivity index (χ1n) is 2.41. The highest BCUT2D eigenvalue weighted by Crippen LogP contribution is 1.81. The molecule has 0 fully saturated rings. The summed E-state index contributed by atoms with van der Waals surface area (Å²) in [7, 11) is 1.64. The summed E-state index contributed by atoms with van der Waals surface area (Å²) in [5.41, 5.74) is 7.95. The van der Waals surface area contributed by atoms with Gasteiger partial charge in [-0.1, -0.05) is 4.81 Å². The molecule has 1 atom stereocenters. The lowest BCUT2D eigenvalue weighted by Gasteiger charge is -2.27. The standard InChI is InChI=1S/C3H14N5/c1-3(4)8(5,6)7-2/h3,7H,4-6H2,1-2H3/q+1. The number of nitrogens with one attached hydrogen (secondary N) is 1. The molecule has 0 spiro atoms. The van der Waals surface area contributed by atoms with Crippen molar-refractivity contribution in [3.8, 4) is 0 Å². The van der Waals surface area contributed by atoms with Crippen molar-refractivity contribution in [2.45, 2.75) is 13.1 Å². The first-order valence-corrected chi connectivity index (χ1v) is 2.41. The summed E-state index contributed by atoms with van der Waals surface area (Å²) < 4.78 is 0. The van der Waals surface area contributed by atoms with Crippen molar-refractivity contribution in [1.29, 1.82) is 0 Å². The average molecular weight is 120 g/mol. The Morgan fingerprint density at radius 2 is 1.88 bits per heavy atom. The molecule has 1 unspecified atom stereocenters. The molecule has 0 radical (unpaired) electrons. The van der Waals surface area contributed by atoms with E-state index >= 15 is 0 Å². The highest BCUT2D eigenvalue weighted by atomic mass is 15.9. The Balaban J connectivity index is 3.71. The van der Waals surface area contributed by atoms with E-state index in [2.05, 4.69) is 5.43 Å². The number of hydrogen-bond donors (Lipinski definition) is 4. The monoisotopic (exact) mass is 120 g/mol. The maximum atomic E-state index is 5.34. The Bertz CT molecular complexity index is 68.1. The van der Waals surface area contributed by atoms with Crippen LogP contribution in [0.15, 0.2) is 0 Å². The molecule has 0 aromatic rings. The van der Waals surface area contributed by atoms with E-state index < -0.39 is 0 Å². The van der Waals surface area contributed by atoms with E-state index in [9.17, 15) is 0 Å². The molecule has 0 amide bonds. The molecule has 0 aliphatic carbocycles. The van der Waals surface area contributed by atoms with E-state index in [1.807, 2.05) is 0 Å². The Labute approximate surface area is 48.9 Å². The Morgan fingerprint density at radius 1 is 1.50 bits per heavy atom. The minimum atomic E-state index is -0.347. The van der Waals surface area contributed by atoms with E-state index in [0.29, 0.717) is 0 Å². The fraction of sp³-hybridized carbons (Fsp3) is 1.00. The number of nitrogens with zero attached hydrogens (tertiary/aromatic N) is 1. The van der Waals surface area contributed by atoms with Crippen LogP contribution in [0.25, 0.3) is 0 Å². The van der Waals surface area contributed by atoms with Crippen LogP contribution in [-0.4, -0.2) is 18.0 Å². The Hall–Kier alpha value is -0.200. The maximum absolute atomic E-state index is 5.34. The number of hydrogen-bond acceptors (Lipinski definition) is 4. The molecule has 8 heavy (non-hydrogen) atoms. The lowest BCUT2D eigenvalue weighted by Crippen LogP contribution is -2.74. The lowest BCUT2D eigenvalue weighted by molar-refractivity contribution is -1.01. The van der Waals surface area contributed by atoms with Crippen LogP contribution in [0.2, 0.25) is 0 Å². The van der Waals surface area contributed by atoms with E-state index in [4.69, 9.17) is 17.4 Å². The van der Waals surface area contributed by atoms with Crippen molar-refractivity contribution in [2.75, 3.05) is 7.05 Å². The number of rotatable bonds is 2. The average Bonchev–Trinajstić information content (AvgIpc) is 1.67. The van der Waals surface area contributed by atoms with Crippen LogP contribution in [-0.2, 0) is 0 Å². The van der Waals surface area contributed by atoms with Crippen LogP contribution in [0.4, 0.5) is 0 Å². The lowest BCUT2D eigenvalue weighted by atomic mass is 10.6. The van der Waals surface area contributed by atoms with E-state index in [0.717, 1.165) is 0 Å². The van der Waals surface area contributed by atoms with Crippen molar-refractivity contribution in [1.82, 2.24) is 5.43 Å². The van der Waals surface area contributed by atoms with Crippen molar-refractivity contribution in [3.63, 3.8) is 0 Å². The van der Waals surface area contributed by atoms with Crippen LogP contribution in [0.5, 0.6) is 0 Å². The summed E-state index contributed by atoms with van der Waals surface area (Å²) in [5.74, 6) is 10.7. The minimum absolute atomic E-state index is 0.306. The minimum Gasteiger partial charge on any atom is -0.277 e. The van der Waals surface area contributed by atoms with Gasteiger partial charge in [0.1, 0.15) is 0 Å². The van der Waals surface area contributed by atoms with E-state index in [-0.39, 0.29) is 11.0 Å². The van der Waals surface area contributed by atoms with Gasteiger partial charge in [0.15, 0.2) is 6.17 Å². The molecule has 0 rings (SSSR count). The molecule has 0 aromatic heterocycles. The molecule has 5 heteroatoms. The summed E-state index contributed by atoms with van der Waals surface area (Å²) in [6, 6.07) is 0. The zero-order valence-corrected chi connectivity index (χ0v) is 5.26. The van der Waals surface area contributed by atoms with Gasteiger partial charge in [-0.25, -0.2) is 0 Å². The van der Waals surface area contributed by atoms with Crippen LogP contribution in [0, 0.1) is 0 Å². The highest BCUT2D eigenvalue weighted by Gasteiger charge is 2.19. The molecule has 0 aliphatic heterocycles. The smallest absolute Gasteiger partial charge is 0.192 e. The molecule has 0 bridgehead atoms. The number of quaternary nitrogens is 1. The van der Waals surface area contributed by atoms with Crippen LogP contribution >= 0.6 is 0 Å². The molecule has 0 aliphatic rings. The van der Waals surface area contributed by atoms with Gasteiger partial charge in [-0.2, -0.15) is 0 Å². The van der Waals surface area contributed by atoms with Crippen LogP contribution in [0.3, 0.4) is 0 Å². The van der Waals surface area contributed by atoms with Gasteiger partial charge in [0, 0.05) is 14.0 Å². The van der Waals surface area contributed by atoms with Gasteiger partial charge in [-0.3, -0.25) is 5.73 Å². The molecule has 7 N–H and O–H groups in total. The van der Waals surface area contributed by atoms with Gasteiger partial charge in [0.2, 0.25) is 0 Å². The second-order valence-corrected chi connectivity index (χ2v) is 1.80. The van der Waals surface area contributed by atoms with Gasteiger partial charge in [0.25, 0.3) is 0 Å². The fourth-order valence-corrected chi connectivity index (χ4v) is 0.204. The van der Waals surface area contributed by atoms with Gasteiger partial charge < -0.3 is 0 Å². The molecule has 0 heterocycles. The molecular formula is C3H14N5+. The zero-order valence-electron chi connectivity index (χ0n) is 5.26. The van der Waals surface area contributed by atoms with Crippen LogP contribution < -0.4 is 22.8 Å². The highest BCUT2D eigenvalue weighted by molar-refractivity contribution is 4.25. The molecule has 50 valence electrons. The molecule has 0 aromatic carbocycles. The molecule has 5 nitrogen and oxygen atoms in total. The van der Waals surface area contributed by atoms with Gasteiger partial charge in [0.05, 0.1) is 0 Å². The zero-order chi connectivity index (χ0) is 6.78. The van der Waals surface area contributed by atoms with E-state index in [1.165, 1.54) is 0 Å². The van der Waals surface area contributed by atoms with E-state index in [1.54, 1.807) is 14.0 Å². The quantitative estimate of drug-likeness (QED) is 0.147. The Morgan fingerprint density at radius 3 is 1.88 bits per heavy atom. The second kappa shape index (κ2) is 2.38. The normalized spacial score (nSPS) is 16.1. The second-order valence-electron chi connectivity index (χ2n) is 1.80. The van der Waals surface area contributed by atoms with Gasteiger partial charge in [-0.05, 0) is 0 Å². The Kier molecular flexibility index (Phi) is 2.32. The van der Waals surface area contributed by atoms with Crippen molar-refractivity contribution in [2.24, 2.45) is 17.4 Å². The van der Waals surface area contributed by atoms with Gasteiger partial charge in [-0.15, -0.1) is 17.1 Å². The van der Waals surface area contributed by atoms with Crippen molar-refractivity contribution in [3.05, 3.63) is 0 Å². The fourth-order valence-electron chi connectivity index (χ4n) is 0.204. The maximum Gasteiger partial charge on any atom is 0.192 e. The summed E-state index contributed by atoms with van der Waals surface area (Å²) in [4.78, 5) is -0.347. The first-order chi connectivity index (χ1) is 3.50. The number of nitrogens with two attached hydrogens (primary N) is 3. The summed E-state index contributed by atoms with van der Waals surface area (Å²) in [6.45, 7) is 1.72. The topological polar surface area (TPSA) is 90.1 Å². The predicted molar refractivity (Wildman–Crippen MR) is 31.3 cm³/mol. The van der Waals surface area contributed by atoms with Crippen LogP contribution in [0.1, 0.15) is 6.92 Å². The van der Waals surface area contributed by atoms with Gasteiger partial charge >= 0.3 is 0 Å². The van der Waals surface area contributed by atoms with Crippen molar-refractivity contribution >= 4 is 0 Å².